The highest BCUT2D eigenvalue weighted by Gasteiger charge is 2.20. The van der Waals surface area contributed by atoms with Gasteiger partial charge >= 0.3 is 0 Å². The summed E-state index contributed by atoms with van der Waals surface area (Å²) in [6.07, 6.45) is 0.744. The molecule has 0 bridgehead atoms. The quantitative estimate of drug-likeness (QED) is 0.570. The van der Waals surface area contributed by atoms with Gasteiger partial charge in [0, 0.05) is 17.2 Å². The molecular weight excluding hydrogens is 382 g/mol. The smallest absolute Gasteiger partial charge is 0.256 e. The van der Waals surface area contributed by atoms with Gasteiger partial charge in [-0.3, -0.25) is 9.89 Å². The lowest BCUT2D eigenvalue weighted by Gasteiger charge is -2.12. The van der Waals surface area contributed by atoms with Crippen LogP contribution in [-0.2, 0) is 6.42 Å². The fourth-order valence-corrected chi connectivity index (χ4v) is 3.17. The lowest BCUT2D eigenvalue weighted by Crippen LogP contribution is -2.14. The van der Waals surface area contributed by atoms with Crippen LogP contribution in [0.15, 0.2) is 42.5 Å². The van der Waals surface area contributed by atoms with Crippen molar-refractivity contribution in [3.05, 3.63) is 53.7 Å². The van der Waals surface area contributed by atoms with Crippen molar-refractivity contribution in [3.8, 4) is 28.5 Å². The van der Waals surface area contributed by atoms with E-state index in [0.717, 1.165) is 23.4 Å². The number of ether oxygens (including phenoxy) is 3. The van der Waals surface area contributed by atoms with Crippen LogP contribution in [0.4, 0.5) is 5.69 Å². The molecule has 0 atom stereocenters. The Hall–Kier alpha value is -3.48. The normalized spacial score (nSPS) is 10.7. The van der Waals surface area contributed by atoms with Gasteiger partial charge in [-0.05, 0) is 36.6 Å². The summed E-state index contributed by atoms with van der Waals surface area (Å²) < 4.78 is 15.9. The number of carbonyl (C=O) groups excluding carboxylic acids is 1. The standard InChI is InChI=1S/C23H27N3O4/c1-14(2)9-20-22(21(26-25-20)15-7-6-8-17(10-15)28-3)24-23(27)16-11-18(29-4)13-19(12-16)30-5/h6-8,10-14H,9H2,1-5H3,(H,24,27)(H,25,26). The molecule has 0 aliphatic heterocycles. The molecule has 7 nitrogen and oxygen atoms in total. The van der Waals surface area contributed by atoms with E-state index in [9.17, 15) is 4.79 Å². The van der Waals surface area contributed by atoms with E-state index in [0.29, 0.717) is 34.4 Å². The topological polar surface area (TPSA) is 85.5 Å². The molecule has 3 aromatic rings. The van der Waals surface area contributed by atoms with Crippen molar-refractivity contribution in [2.24, 2.45) is 5.92 Å². The first-order valence-electron chi connectivity index (χ1n) is 9.71. The fraction of sp³-hybridized carbons (Fsp3) is 0.304. The number of H-pyrrole nitrogens is 1. The van der Waals surface area contributed by atoms with Gasteiger partial charge in [-0.15, -0.1) is 0 Å². The van der Waals surface area contributed by atoms with Crippen LogP contribution in [0.3, 0.4) is 0 Å². The van der Waals surface area contributed by atoms with E-state index >= 15 is 0 Å². The third kappa shape index (κ3) is 4.74. The van der Waals surface area contributed by atoms with Crippen molar-refractivity contribution < 1.29 is 19.0 Å². The molecule has 0 saturated heterocycles. The molecule has 1 amide bonds. The molecule has 0 spiro atoms. The van der Waals surface area contributed by atoms with Crippen LogP contribution in [0.5, 0.6) is 17.2 Å². The summed E-state index contributed by atoms with van der Waals surface area (Å²) in [6.45, 7) is 4.23. The Kier molecular flexibility index (Phi) is 6.61. The number of carbonyl (C=O) groups is 1. The number of aromatic amines is 1. The molecule has 0 radical (unpaired) electrons. The van der Waals surface area contributed by atoms with Crippen molar-refractivity contribution in [1.82, 2.24) is 10.2 Å². The number of hydrogen-bond acceptors (Lipinski definition) is 5. The molecule has 2 aromatic carbocycles. The molecule has 1 aromatic heterocycles. The van der Waals surface area contributed by atoms with Gasteiger partial charge in [0.1, 0.15) is 22.9 Å². The minimum atomic E-state index is -0.275. The Bertz CT molecular complexity index is 1000. The SMILES string of the molecule is COc1cc(OC)cc(C(=O)Nc2c(-c3cccc(OC)c3)n[nH]c2CC(C)C)c1. The van der Waals surface area contributed by atoms with Crippen LogP contribution >= 0.6 is 0 Å². The van der Waals surface area contributed by atoms with E-state index in [-0.39, 0.29) is 5.91 Å². The van der Waals surface area contributed by atoms with Gasteiger partial charge in [-0.2, -0.15) is 5.10 Å². The van der Waals surface area contributed by atoms with Crippen LogP contribution in [0, 0.1) is 5.92 Å². The summed E-state index contributed by atoms with van der Waals surface area (Å²) in [5.41, 5.74) is 3.46. The van der Waals surface area contributed by atoms with Crippen LogP contribution in [0.2, 0.25) is 0 Å². The minimum Gasteiger partial charge on any atom is -0.497 e. The maximum Gasteiger partial charge on any atom is 0.256 e. The molecule has 0 fully saturated rings. The highest BCUT2D eigenvalue weighted by molar-refractivity contribution is 6.07. The van der Waals surface area contributed by atoms with Crippen LogP contribution in [0.1, 0.15) is 29.9 Å². The van der Waals surface area contributed by atoms with Gasteiger partial charge < -0.3 is 19.5 Å². The maximum absolute atomic E-state index is 13.1. The zero-order chi connectivity index (χ0) is 21.7. The molecule has 0 aliphatic rings. The highest BCUT2D eigenvalue weighted by atomic mass is 16.5. The van der Waals surface area contributed by atoms with Gasteiger partial charge in [0.05, 0.1) is 32.7 Å². The Morgan fingerprint density at radius 1 is 1.00 bits per heavy atom. The van der Waals surface area contributed by atoms with Crippen molar-refractivity contribution in [1.29, 1.82) is 0 Å². The zero-order valence-electron chi connectivity index (χ0n) is 17.9. The molecular formula is C23H27N3O4. The predicted molar refractivity (Wildman–Crippen MR) is 117 cm³/mol. The average Bonchev–Trinajstić information content (AvgIpc) is 3.14. The summed E-state index contributed by atoms with van der Waals surface area (Å²) in [4.78, 5) is 13.1. The van der Waals surface area contributed by atoms with Gasteiger partial charge in [-0.25, -0.2) is 0 Å². The van der Waals surface area contributed by atoms with Crippen molar-refractivity contribution in [3.63, 3.8) is 0 Å². The number of nitrogens with one attached hydrogen (secondary N) is 2. The number of methoxy groups -OCH3 is 3. The second-order valence-corrected chi connectivity index (χ2v) is 7.31. The first-order valence-corrected chi connectivity index (χ1v) is 9.71. The van der Waals surface area contributed by atoms with E-state index in [2.05, 4.69) is 29.4 Å². The Morgan fingerprint density at radius 3 is 2.27 bits per heavy atom. The van der Waals surface area contributed by atoms with Crippen LogP contribution in [-0.4, -0.2) is 37.4 Å². The molecule has 1 heterocycles. The Balaban J connectivity index is 2.01. The molecule has 3 rings (SSSR count). The zero-order valence-corrected chi connectivity index (χ0v) is 17.9. The first kappa shape index (κ1) is 21.2. The summed E-state index contributed by atoms with van der Waals surface area (Å²) >= 11 is 0. The number of rotatable bonds is 8. The summed E-state index contributed by atoms with van der Waals surface area (Å²) in [5.74, 6) is 1.92. The maximum atomic E-state index is 13.1. The van der Waals surface area contributed by atoms with Gasteiger partial charge in [0.2, 0.25) is 0 Å². The molecule has 2 N–H and O–H groups in total. The Labute approximate surface area is 176 Å². The molecule has 30 heavy (non-hydrogen) atoms. The molecule has 0 unspecified atom stereocenters. The van der Waals surface area contributed by atoms with E-state index in [1.54, 1.807) is 39.5 Å². The number of aromatic nitrogens is 2. The third-order valence-electron chi connectivity index (χ3n) is 4.65. The third-order valence-corrected chi connectivity index (χ3v) is 4.65. The summed E-state index contributed by atoms with van der Waals surface area (Å²) in [6, 6.07) is 12.6. The lowest BCUT2D eigenvalue weighted by atomic mass is 10.0. The molecule has 158 valence electrons. The number of benzene rings is 2. The largest absolute Gasteiger partial charge is 0.497 e. The second kappa shape index (κ2) is 9.35. The van der Waals surface area contributed by atoms with E-state index in [1.165, 1.54) is 0 Å². The minimum absolute atomic E-state index is 0.275. The monoisotopic (exact) mass is 409 g/mol. The van der Waals surface area contributed by atoms with Gasteiger partial charge in [-0.1, -0.05) is 26.0 Å². The fourth-order valence-electron chi connectivity index (χ4n) is 3.17. The van der Waals surface area contributed by atoms with Gasteiger partial charge in [0.25, 0.3) is 5.91 Å². The lowest BCUT2D eigenvalue weighted by molar-refractivity contribution is 0.102. The second-order valence-electron chi connectivity index (χ2n) is 7.31. The van der Waals surface area contributed by atoms with Crippen molar-refractivity contribution in [2.45, 2.75) is 20.3 Å². The molecule has 0 saturated carbocycles. The number of hydrogen-bond donors (Lipinski definition) is 2. The van der Waals surface area contributed by atoms with E-state index in [1.807, 2.05) is 24.3 Å². The summed E-state index contributed by atoms with van der Waals surface area (Å²) in [5, 5.41) is 10.6. The van der Waals surface area contributed by atoms with E-state index < -0.39 is 0 Å². The van der Waals surface area contributed by atoms with Crippen LogP contribution < -0.4 is 19.5 Å². The van der Waals surface area contributed by atoms with Crippen molar-refractivity contribution in [2.75, 3.05) is 26.6 Å². The van der Waals surface area contributed by atoms with Crippen LogP contribution in [0.25, 0.3) is 11.3 Å². The number of nitrogens with zero attached hydrogens (tertiary/aromatic N) is 1. The number of anilines is 1. The average molecular weight is 409 g/mol. The van der Waals surface area contributed by atoms with Crippen molar-refractivity contribution >= 4 is 11.6 Å². The number of amides is 1. The predicted octanol–water partition coefficient (Wildman–Crippen LogP) is 4.55. The Morgan fingerprint density at radius 2 is 1.67 bits per heavy atom. The molecule has 7 heteroatoms. The first-order chi connectivity index (χ1) is 14.4. The molecule has 0 aliphatic carbocycles. The highest BCUT2D eigenvalue weighted by Crippen LogP contribution is 2.33. The summed E-state index contributed by atoms with van der Waals surface area (Å²) in [7, 11) is 4.72. The van der Waals surface area contributed by atoms with Gasteiger partial charge in [0.15, 0.2) is 0 Å². The van der Waals surface area contributed by atoms with E-state index in [4.69, 9.17) is 14.2 Å².